The van der Waals surface area contributed by atoms with E-state index in [1.54, 1.807) is 27.9 Å². The topological polar surface area (TPSA) is 104 Å². The number of furan rings is 1. The molecule has 3 aromatic carbocycles. The lowest BCUT2D eigenvalue weighted by Crippen LogP contribution is -2.15. The first-order valence-corrected chi connectivity index (χ1v) is 12.5. The van der Waals surface area contributed by atoms with Gasteiger partial charge in [-0.05, 0) is 54.1 Å². The number of benzene rings is 3. The van der Waals surface area contributed by atoms with E-state index in [0.717, 1.165) is 33.3 Å². The molecule has 9 heteroatoms. The number of aryl methyl sites for hydroxylation is 1. The highest BCUT2D eigenvalue weighted by molar-refractivity contribution is 5.89. The summed E-state index contributed by atoms with van der Waals surface area (Å²) in [5, 5.41) is 22.3. The van der Waals surface area contributed by atoms with Crippen LogP contribution in [0.4, 0.5) is 0 Å². The Morgan fingerprint density at radius 3 is 2.46 bits per heavy atom. The highest BCUT2D eigenvalue weighted by Crippen LogP contribution is 2.50. The van der Waals surface area contributed by atoms with Crippen LogP contribution in [-0.2, 0) is 0 Å². The lowest BCUT2D eigenvalue weighted by Gasteiger charge is -2.24. The maximum atomic E-state index is 10.8. The van der Waals surface area contributed by atoms with E-state index in [0.29, 0.717) is 34.6 Å². The van der Waals surface area contributed by atoms with Crippen LogP contribution in [0.15, 0.2) is 95.9 Å². The van der Waals surface area contributed by atoms with E-state index < -0.39 is 0 Å². The monoisotopic (exact) mass is 512 g/mol. The average molecular weight is 513 g/mol. The fourth-order valence-electron chi connectivity index (χ4n) is 5.38. The number of ether oxygens (including phenoxy) is 1. The largest absolute Gasteiger partial charge is 0.507 e. The summed E-state index contributed by atoms with van der Waals surface area (Å²) in [7, 11) is 0. The summed E-state index contributed by atoms with van der Waals surface area (Å²) in [6.45, 7) is 1.96. The Morgan fingerprint density at radius 1 is 0.872 bits per heavy atom. The zero-order chi connectivity index (χ0) is 26.1. The van der Waals surface area contributed by atoms with Gasteiger partial charge in [-0.15, -0.1) is 5.10 Å². The van der Waals surface area contributed by atoms with Crippen molar-refractivity contribution in [2.75, 3.05) is 0 Å². The fourth-order valence-corrected chi connectivity index (χ4v) is 5.38. The first kappa shape index (κ1) is 21.6. The van der Waals surface area contributed by atoms with Crippen molar-refractivity contribution in [2.24, 2.45) is 0 Å². The van der Waals surface area contributed by atoms with Crippen molar-refractivity contribution in [2.45, 2.75) is 12.8 Å². The van der Waals surface area contributed by atoms with Crippen LogP contribution in [0.25, 0.3) is 33.5 Å². The summed E-state index contributed by atoms with van der Waals surface area (Å²) in [5.74, 6) is 1.80. The average Bonchev–Trinajstić information content (AvgIpc) is 3.71. The Labute approximate surface area is 221 Å². The maximum Gasteiger partial charge on any atom is 0.230 e. The molecule has 0 spiro atoms. The van der Waals surface area contributed by atoms with Crippen LogP contribution in [0.1, 0.15) is 28.5 Å². The Bertz CT molecular complexity index is 2030. The molecule has 1 unspecified atom stereocenters. The van der Waals surface area contributed by atoms with Crippen molar-refractivity contribution in [1.82, 2.24) is 29.4 Å². The van der Waals surface area contributed by atoms with Crippen molar-refractivity contribution in [3.05, 3.63) is 114 Å². The summed E-state index contributed by atoms with van der Waals surface area (Å²) in [5.41, 5.74) is 4.35. The molecule has 0 fully saturated rings. The molecule has 1 aliphatic rings. The van der Waals surface area contributed by atoms with Gasteiger partial charge in [0.2, 0.25) is 11.8 Å². The number of aromatic hydroxyl groups is 1. The third kappa shape index (κ3) is 3.19. The normalized spacial score (nSPS) is 14.3. The molecule has 8 rings (SSSR count). The molecule has 1 aliphatic heterocycles. The van der Waals surface area contributed by atoms with E-state index in [4.69, 9.17) is 19.2 Å². The van der Waals surface area contributed by atoms with Crippen LogP contribution in [0.3, 0.4) is 0 Å². The SMILES string of the molecule is Cc1nn(-c2ccccc2)c2c1C(c1ccco1)c1c(ncn3nc(-c4cc5ccccc5cc4O)nc13)O2. The first-order valence-electron chi connectivity index (χ1n) is 12.5. The predicted molar refractivity (Wildman–Crippen MR) is 143 cm³/mol. The number of nitrogens with zero attached hydrogens (tertiary/aromatic N) is 6. The zero-order valence-electron chi connectivity index (χ0n) is 20.7. The quantitative estimate of drug-likeness (QED) is 0.309. The molecule has 39 heavy (non-hydrogen) atoms. The summed E-state index contributed by atoms with van der Waals surface area (Å²) < 4.78 is 15.8. The molecular formula is C30H20N6O3. The highest BCUT2D eigenvalue weighted by Gasteiger charge is 2.39. The van der Waals surface area contributed by atoms with E-state index in [2.05, 4.69) is 10.1 Å². The smallest absolute Gasteiger partial charge is 0.230 e. The molecule has 5 heterocycles. The molecule has 188 valence electrons. The van der Waals surface area contributed by atoms with Crippen molar-refractivity contribution < 1.29 is 14.3 Å². The van der Waals surface area contributed by atoms with Gasteiger partial charge in [0, 0.05) is 0 Å². The molecule has 7 aromatic rings. The Morgan fingerprint density at radius 2 is 1.67 bits per heavy atom. The molecule has 0 bridgehead atoms. The van der Waals surface area contributed by atoms with Crippen LogP contribution >= 0.6 is 0 Å². The van der Waals surface area contributed by atoms with Gasteiger partial charge in [-0.2, -0.15) is 5.10 Å². The molecule has 0 radical (unpaired) electrons. The van der Waals surface area contributed by atoms with Gasteiger partial charge in [-0.3, -0.25) is 0 Å². The Hall–Kier alpha value is -5.44. The van der Waals surface area contributed by atoms with E-state index >= 15 is 0 Å². The third-order valence-corrected chi connectivity index (χ3v) is 7.15. The molecule has 4 aromatic heterocycles. The number of rotatable bonds is 3. The molecule has 9 nitrogen and oxygen atoms in total. The summed E-state index contributed by atoms with van der Waals surface area (Å²) in [6, 6.07) is 25.1. The number of phenols is 1. The predicted octanol–water partition coefficient (Wildman–Crippen LogP) is 6.02. The van der Waals surface area contributed by atoms with Crippen molar-refractivity contribution in [1.29, 1.82) is 0 Å². The fraction of sp³-hybridized carbons (Fsp3) is 0.0667. The molecule has 0 saturated heterocycles. The van der Waals surface area contributed by atoms with Crippen LogP contribution in [0.5, 0.6) is 17.5 Å². The van der Waals surface area contributed by atoms with Gasteiger partial charge in [0.05, 0.1) is 40.3 Å². The molecule has 1 atom stereocenters. The second-order valence-corrected chi connectivity index (χ2v) is 9.49. The van der Waals surface area contributed by atoms with Crippen LogP contribution in [0, 0.1) is 6.92 Å². The van der Waals surface area contributed by atoms with Gasteiger partial charge in [0.15, 0.2) is 11.5 Å². The van der Waals surface area contributed by atoms with Gasteiger partial charge < -0.3 is 14.3 Å². The lowest BCUT2D eigenvalue weighted by atomic mass is 9.88. The minimum Gasteiger partial charge on any atom is -0.507 e. The summed E-state index contributed by atoms with van der Waals surface area (Å²) in [4.78, 5) is 9.52. The second kappa shape index (κ2) is 8.03. The van der Waals surface area contributed by atoms with Crippen molar-refractivity contribution >= 4 is 16.4 Å². The van der Waals surface area contributed by atoms with Gasteiger partial charge in [-0.25, -0.2) is 19.2 Å². The van der Waals surface area contributed by atoms with E-state index in [1.807, 2.05) is 79.7 Å². The first-order chi connectivity index (χ1) is 19.2. The molecule has 1 N–H and O–H groups in total. The summed E-state index contributed by atoms with van der Waals surface area (Å²) >= 11 is 0. The van der Waals surface area contributed by atoms with Crippen LogP contribution in [0.2, 0.25) is 0 Å². The van der Waals surface area contributed by atoms with Crippen LogP contribution in [-0.4, -0.2) is 34.5 Å². The maximum absolute atomic E-state index is 10.8. The minimum atomic E-state index is -0.380. The molecule has 0 saturated carbocycles. The third-order valence-electron chi connectivity index (χ3n) is 7.15. The standard InChI is InChI=1S/C30H20N6O3/c1-17-24-25(23-12-7-13-38-23)26-28-32-27(21-14-18-8-5-6-9-19(18)15-22(21)37)34-35(28)16-31-29(26)39-30(24)36(33-17)20-10-3-2-4-11-20/h2-16,25,37H,1H3. The van der Waals surface area contributed by atoms with E-state index in [-0.39, 0.29) is 11.7 Å². The Kier molecular flexibility index (Phi) is 4.45. The van der Waals surface area contributed by atoms with Gasteiger partial charge >= 0.3 is 0 Å². The van der Waals surface area contributed by atoms with Gasteiger partial charge in [0.1, 0.15) is 17.8 Å². The summed E-state index contributed by atoms with van der Waals surface area (Å²) in [6.07, 6.45) is 3.22. The van der Waals surface area contributed by atoms with Crippen molar-refractivity contribution in [3.8, 4) is 34.6 Å². The highest BCUT2D eigenvalue weighted by atomic mass is 16.5. The number of hydrogen-bond acceptors (Lipinski definition) is 7. The second-order valence-electron chi connectivity index (χ2n) is 9.49. The van der Waals surface area contributed by atoms with Crippen LogP contribution < -0.4 is 4.74 Å². The molecule has 0 aliphatic carbocycles. The number of aromatic nitrogens is 6. The number of phenolic OH excluding ortho intramolecular Hbond substituents is 1. The van der Waals surface area contributed by atoms with E-state index in [1.165, 1.54) is 0 Å². The lowest BCUT2D eigenvalue weighted by molar-refractivity contribution is 0.392. The zero-order valence-corrected chi connectivity index (χ0v) is 20.7. The minimum absolute atomic E-state index is 0.104. The van der Waals surface area contributed by atoms with Gasteiger partial charge in [-0.1, -0.05) is 42.5 Å². The Balaban J connectivity index is 1.36. The number of para-hydroxylation sites is 1. The van der Waals surface area contributed by atoms with E-state index in [9.17, 15) is 5.11 Å². The molecule has 0 amide bonds. The van der Waals surface area contributed by atoms with Gasteiger partial charge in [0.25, 0.3) is 0 Å². The molecular weight excluding hydrogens is 492 g/mol. The number of fused-ring (bicyclic) bond motifs is 5. The van der Waals surface area contributed by atoms with Crippen molar-refractivity contribution in [3.63, 3.8) is 0 Å². The number of hydrogen-bond donors (Lipinski definition) is 1.